The minimum Gasteiger partial charge on any atom is -0.338 e. The lowest BCUT2D eigenvalue weighted by molar-refractivity contribution is -0.144. The zero-order valence-corrected chi connectivity index (χ0v) is 14.0. The molecule has 2 aliphatic rings. The van der Waals surface area contributed by atoms with Crippen LogP contribution in [0.2, 0.25) is 0 Å². The summed E-state index contributed by atoms with van der Waals surface area (Å²) in [6.07, 6.45) is 3.12. The van der Waals surface area contributed by atoms with Crippen LogP contribution in [0.4, 0.5) is 0 Å². The Morgan fingerprint density at radius 3 is 2.84 bits per heavy atom. The fraction of sp³-hybridized carbons (Fsp3) is 0.444. The molecule has 7 heteroatoms. The highest BCUT2D eigenvalue weighted by atomic mass is 16.2. The Kier molecular flexibility index (Phi) is 4.21. The summed E-state index contributed by atoms with van der Waals surface area (Å²) in [7, 11) is 0. The van der Waals surface area contributed by atoms with E-state index in [0.29, 0.717) is 32.6 Å². The highest BCUT2D eigenvalue weighted by molar-refractivity contribution is 6.01. The van der Waals surface area contributed by atoms with E-state index in [0.717, 1.165) is 24.2 Å². The van der Waals surface area contributed by atoms with Gasteiger partial charge in [-0.2, -0.15) is 0 Å². The van der Waals surface area contributed by atoms with Crippen molar-refractivity contribution in [2.45, 2.75) is 32.5 Å². The van der Waals surface area contributed by atoms with Gasteiger partial charge in [-0.05, 0) is 18.4 Å². The number of carbonyl (C=O) groups is 2. The number of amides is 2. The van der Waals surface area contributed by atoms with Gasteiger partial charge in [-0.15, -0.1) is 5.10 Å². The third kappa shape index (κ3) is 3.14. The maximum absolute atomic E-state index is 12.9. The van der Waals surface area contributed by atoms with E-state index in [1.54, 1.807) is 16.0 Å². The van der Waals surface area contributed by atoms with Crippen LogP contribution in [0, 0.1) is 5.92 Å². The number of rotatable bonds is 3. The monoisotopic (exact) mass is 339 g/mol. The summed E-state index contributed by atoms with van der Waals surface area (Å²) in [6, 6.07) is 9.90. The molecule has 2 aliphatic heterocycles. The van der Waals surface area contributed by atoms with Crippen LogP contribution in [-0.2, 0) is 29.2 Å². The lowest BCUT2D eigenvalue weighted by Crippen LogP contribution is -2.39. The Morgan fingerprint density at radius 2 is 2.00 bits per heavy atom. The topological polar surface area (TPSA) is 71.3 Å². The van der Waals surface area contributed by atoms with Gasteiger partial charge in [0.25, 0.3) is 0 Å². The molecule has 1 aromatic heterocycles. The molecule has 7 nitrogen and oxygen atoms in total. The molecular formula is C18H21N5O2. The summed E-state index contributed by atoms with van der Waals surface area (Å²) < 4.78 is 1.84. The quantitative estimate of drug-likeness (QED) is 0.784. The predicted octanol–water partition coefficient (Wildman–Crippen LogP) is 1.06. The Balaban J connectivity index is 1.43. The molecule has 1 saturated heterocycles. The number of benzene rings is 1. The maximum Gasteiger partial charge on any atom is 0.235 e. The van der Waals surface area contributed by atoms with E-state index in [2.05, 4.69) is 10.3 Å². The maximum atomic E-state index is 12.9. The summed E-state index contributed by atoms with van der Waals surface area (Å²) in [6.45, 7) is 3.11. The van der Waals surface area contributed by atoms with E-state index in [1.165, 1.54) is 0 Å². The van der Waals surface area contributed by atoms with Crippen LogP contribution in [0.1, 0.15) is 24.1 Å². The van der Waals surface area contributed by atoms with E-state index in [9.17, 15) is 9.59 Å². The summed E-state index contributed by atoms with van der Waals surface area (Å²) >= 11 is 0. The van der Waals surface area contributed by atoms with Crippen molar-refractivity contribution >= 4 is 11.8 Å². The minimum absolute atomic E-state index is 0.0512. The minimum atomic E-state index is -0.550. The molecule has 0 N–H and O–H groups in total. The Labute approximate surface area is 146 Å². The molecule has 25 heavy (non-hydrogen) atoms. The van der Waals surface area contributed by atoms with Crippen molar-refractivity contribution in [2.24, 2.45) is 5.92 Å². The van der Waals surface area contributed by atoms with Crippen molar-refractivity contribution < 1.29 is 9.59 Å². The lowest BCUT2D eigenvalue weighted by atomic mass is 10.1. The van der Waals surface area contributed by atoms with Gasteiger partial charge in [0.05, 0.1) is 18.4 Å². The van der Waals surface area contributed by atoms with E-state index in [1.807, 2.05) is 35.0 Å². The van der Waals surface area contributed by atoms with Crippen LogP contribution in [0.3, 0.4) is 0 Å². The van der Waals surface area contributed by atoms with Gasteiger partial charge < -0.3 is 9.80 Å². The zero-order chi connectivity index (χ0) is 17.2. The van der Waals surface area contributed by atoms with E-state index in [4.69, 9.17) is 0 Å². The highest BCUT2D eigenvalue weighted by Crippen LogP contribution is 2.24. The molecule has 0 spiro atoms. The van der Waals surface area contributed by atoms with Crippen molar-refractivity contribution in [1.29, 1.82) is 0 Å². The molecule has 2 aromatic rings. The van der Waals surface area contributed by atoms with Gasteiger partial charge in [0.15, 0.2) is 0 Å². The fourth-order valence-corrected chi connectivity index (χ4v) is 3.61. The van der Waals surface area contributed by atoms with Crippen molar-refractivity contribution in [1.82, 2.24) is 24.8 Å². The second-order valence-corrected chi connectivity index (χ2v) is 6.65. The van der Waals surface area contributed by atoms with E-state index < -0.39 is 5.92 Å². The predicted molar refractivity (Wildman–Crippen MR) is 90.0 cm³/mol. The molecule has 1 fully saturated rings. The van der Waals surface area contributed by atoms with Crippen LogP contribution in [0.25, 0.3) is 0 Å². The third-order valence-corrected chi connectivity index (χ3v) is 4.97. The average Bonchev–Trinajstić information content (AvgIpc) is 3.16. The molecule has 1 aromatic carbocycles. The van der Waals surface area contributed by atoms with Gasteiger partial charge in [-0.25, -0.2) is 4.68 Å². The van der Waals surface area contributed by atoms with Crippen LogP contribution >= 0.6 is 0 Å². The zero-order valence-electron chi connectivity index (χ0n) is 14.0. The SMILES string of the molecule is O=C1C(C(=O)N2CCCn3nncc3C2)CCN1Cc1ccccc1. The fourth-order valence-electron chi connectivity index (χ4n) is 3.61. The summed E-state index contributed by atoms with van der Waals surface area (Å²) in [5, 5.41) is 7.95. The standard InChI is InChI=1S/C18H21N5O2/c24-17(21-8-4-9-23-15(13-21)11-19-20-23)16-7-10-22(18(16)25)12-14-5-2-1-3-6-14/h1-3,5-6,11,16H,4,7-10,12-13H2. The number of hydrogen-bond donors (Lipinski definition) is 0. The van der Waals surface area contributed by atoms with Crippen LogP contribution in [0.15, 0.2) is 36.5 Å². The summed E-state index contributed by atoms with van der Waals surface area (Å²) in [5.41, 5.74) is 2.02. The third-order valence-electron chi connectivity index (χ3n) is 4.97. The van der Waals surface area contributed by atoms with Gasteiger partial charge in [0, 0.05) is 26.2 Å². The molecule has 0 saturated carbocycles. The highest BCUT2D eigenvalue weighted by Gasteiger charge is 2.39. The molecule has 1 unspecified atom stereocenters. The lowest BCUT2D eigenvalue weighted by Gasteiger charge is -2.23. The van der Waals surface area contributed by atoms with Gasteiger partial charge in [0.1, 0.15) is 5.92 Å². The Morgan fingerprint density at radius 1 is 1.16 bits per heavy atom. The van der Waals surface area contributed by atoms with Crippen molar-refractivity contribution in [3.8, 4) is 0 Å². The van der Waals surface area contributed by atoms with Crippen molar-refractivity contribution in [3.63, 3.8) is 0 Å². The molecule has 1 atom stereocenters. The van der Waals surface area contributed by atoms with Gasteiger partial charge >= 0.3 is 0 Å². The van der Waals surface area contributed by atoms with Crippen molar-refractivity contribution in [2.75, 3.05) is 13.1 Å². The second-order valence-electron chi connectivity index (χ2n) is 6.65. The average molecular weight is 339 g/mol. The van der Waals surface area contributed by atoms with Crippen LogP contribution < -0.4 is 0 Å². The number of carbonyl (C=O) groups excluding carboxylic acids is 2. The number of fused-ring (bicyclic) bond motifs is 1. The first-order valence-electron chi connectivity index (χ1n) is 8.71. The van der Waals surface area contributed by atoms with Gasteiger partial charge in [0.2, 0.25) is 11.8 Å². The molecule has 0 aliphatic carbocycles. The van der Waals surface area contributed by atoms with E-state index >= 15 is 0 Å². The normalized spacial score (nSPS) is 20.5. The molecule has 0 bridgehead atoms. The van der Waals surface area contributed by atoms with Crippen LogP contribution in [-0.4, -0.2) is 49.7 Å². The molecule has 3 heterocycles. The number of aromatic nitrogens is 3. The van der Waals surface area contributed by atoms with E-state index in [-0.39, 0.29) is 11.8 Å². The number of aryl methyl sites for hydroxylation is 1. The Hall–Kier alpha value is -2.70. The second kappa shape index (κ2) is 6.66. The first-order valence-corrected chi connectivity index (χ1v) is 8.71. The van der Waals surface area contributed by atoms with Crippen molar-refractivity contribution in [3.05, 3.63) is 47.8 Å². The number of likely N-dealkylation sites (tertiary alicyclic amines) is 1. The molecular weight excluding hydrogens is 318 g/mol. The summed E-state index contributed by atoms with van der Waals surface area (Å²) in [5.74, 6) is -0.661. The molecule has 2 amide bonds. The molecule has 0 radical (unpaired) electrons. The number of nitrogens with zero attached hydrogens (tertiary/aromatic N) is 5. The molecule has 4 rings (SSSR count). The molecule has 130 valence electrons. The smallest absolute Gasteiger partial charge is 0.235 e. The first-order chi connectivity index (χ1) is 12.2. The van der Waals surface area contributed by atoms with Gasteiger partial charge in [-0.3, -0.25) is 9.59 Å². The number of hydrogen-bond acceptors (Lipinski definition) is 4. The first kappa shape index (κ1) is 15.8. The Bertz CT molecular complexity index is 773. The van der Waals surface area contributed by atoms with Crippen LogP contribution in [0.5, 0.6) is 0 Å². The largest absolute Gasteiger partial charge is 0.338 e. The summed E-state index contributed by atoms with van der Waals surface area (Å²) in [4.78, 5) is 29.2. The van der Waals surface area contributed by atoms with Gasteiger partial charge in [-0.1, -0.05) is 35.5 Å².